The molecule has 1 aromatic carbocycles. The molecule has 0 unspecified atom stereocenters. The van der Waals surface area contributed by atoms with E-state index in [1.807, 2.05) is 30.3 Å². The zero-order chi connectivity index (χ0) is 9.68. The van der Waals surface area contributed by atoms with E-state index in [1.165, 1.54) is 0 Å². The SMILES string of the molecule is N[C@@H](Cc1ccccc1)[C@H](O)CF. The molecule has 0 fully saturated rings. The lowest BCUT2D eigenvalue weighted by atomic mass is 10.0. The van der Waals surface area contributed by atoms with Gasteiger partial charge in [-0.05, 0) is 12.0 Å². The number of nitrogens with two attached hydrogens (primary N) is 1. The van der Waals surface area contributed by atoms with Crippen molar-refractivity contribution in [1.82, 2.24) is 0 Å². The van der Waals surface area contributed by atoms with Gasteiger partial charge < -0.3 is 10.8 Å². The van der Waals surface area contributed by atoms with Crippen LogP contribution in [0.4, 0.5) is 4.39 Å². The molecule has 1 rings (SSSR count). The van der Waals surface area contributed by atoms with Gasteiger partial charge in [0.1, 0.15) is 6.67 Å². The van der Waals surface area contributed by atoms with Crippen LogP contribution in [0.1, 0.15) is 5.56 Å². The van der Waals surface area contributed by atoms with Gasteiger partial charge in [0.15, 0.2) is 0 Å². The number of aliphatic hydroxyl groups excluding tert-OH is 1. The summed E-state index contributed by atoms with van der Waals surface area (Å²) in [5.41, 5.74) is 6.59. The van der Waals surface area contributed by atoms with Crippen molar-refractivity contribution in [2.24, 2.45) is 5.73 Å². The largest absolute Gasteiger partial charge is 0.389 e. The molecule has 1 aromatic rings. The van der Waals surface area contributed by atoms with Crippen molar-refractivity contribution in [2.75, 3.05) is 6.67 Å². The van der Waals surface area contributed by atoms with E-state index in [1.54, 1.807) is 0 Å². The second-order valence-corrected chi connectivity index (χ2v) is 3.08. The Morgan fingerprint density at radius 3 is 2.46 bits per heavy atom. The molecule has 3 N–H and O–H groups in total. The summed E-state index contributed by atoms with van der Waals surface area (Å²) in [6.07, 6.45) is -0.549. The maximum atomic E-state index is 12.0. The summed E-state index contributed by atoms with van der Waals surface area (Å²) in [4.78, 5) is 0. The first-order valence-corrected chi connectivity index (χ1v) is 4.27. The summed E-state index contributed by atoms with van der Waals surface area (Å²) in [5, 5.41) is 9.09. The van der Waals surface area contributed by atoms with Gasteiger partial charge in [-0.3, -0.25) is 0 Å². The number of hydrogen-bond acceptors (Lipinski definition) is 2. The van der Waals surface area contributed by atoms with Crippen molar-refractivity contribution >= 4 is 0 Å². The minimum atomic E-state index is -1.06. The van der Waals surface area contributed by atoms with Crippen molar-refractivity contribution < 1.29 is 9.50 Å². The standard InChI is InChI=1S/C10H14FNO/c11-7-10(13)9(12)6-8-4-2-1-3-5-8/h1-5,9-10,13H,6-7,12H2/t9-,10+/m0/s1. The van der Waals surface area contributed by atoms with E-state index < -0.39 is 18.8 Å². The molecule has 0 saturated heterocycles. The maximum Gasteiger partial charge on any atom is 0.117 e. The van der Waals surface area contributed by atoms with Gasteiger partial charge in [-0.15, -0.1) is 0 Å². The smallest absolute Gasteiger partial charge is 0.117 e. The summed E-state index contributed by atoms with van der Waals surface area (Å²) in [7, 11) is 0. The van der Waals surface area contributed by atoms with Gasteiger partial charge in [-0.2, -0.15) is 0 Å². The molecule has 0 amide bonds. The van der Waals surface area contributed by atoms with Gasteiger partial charge in [-0.1, -0.05) is 30.3 Å². The van der Waals surface area contributed by atoms with Crippen LogP contribution >= 0.6 is 0 Å². The molecule has 0 bridgehead atoms. The van der Waals surface area contributed by atoms with Crippen LogP contribution in [0.3, 0.4) is 0 Å². The molecule has 0 radical (unpaired) electrons. The Hall–Kier alpha value is -0.930. The van der Waals surface area contributed by atoms with Crippen LogP contribution in [0, 0.1) is 0 Å². The molecule has 72 valence electrons. The third-order valence-electron chi connectivity index (χ3n) is 1.97. The van der Waals surface area contributed by atoms with Crippen LogP contribution in [0.2, 0.25) is 0 Å². The van der Waals surface area contributed by atoms with Gasteiger partial charge in [0.05, 0.1) is 6.10 Å². The second-order valence-electron chi connectivity index (χ2n) is 3.08. The van der Waals surface area contributed by atoms with Crippen molar-refractivity contribution in [3.8, 4) is 0 Å². The average Bonchev–Trinajstić information content (AvgIpc) is 2.18. The van der Waals surface area contributed by atoms with Crippen LogP contribution in [-0.2, 0) is 6.42 Å². The predicted molar refractivity (Wildman–Crippen MR) is 50.1 cm³/mol. The van der Waals surface area contributed by atoms with Gasteiger partial charge in [0.2, 0.25) is 0 Å². The van der Waals surface area contributed by atoms with Crippen molar-refractivity contribution in [3.05, 3.63) is 35.9 Å². The monoisotopic (exact) mass is 183 g/mol. The van der Waals surface area contributed by atoms with Gasteiger partial charge in [0, 0.05) is 6.04 Å². The topological polar surface area (TPSA) is 46.2 Å². The fourth-order valence-corrected chi connectivity index (χ4v) is 1.14. The highest BCUT2D eigenvalue weighted by molar-refractivity contribution is 5.16. The van der Waals surface area contributed by atoms with Crippen molar-refractivity contribution in [2.45, 2.75) is 18.6 Å². The zero-order valence-electron chi connectivity index (χ0n) is 7.36. The lowest BCUT2D eigenvalue weighted by Gasteiger charge is -2.15. The molecule has 0 spiro atoms. The molecule has 0 heterocycles. The number of halogens is 1. The molecule has 0 aliphatic heterocycles. The minimum absolute atomic E-state index is 0.506. The lowest BCUT2D eigenvalue weighted by Crippen LogP contribution is -2.37. The molecule has 0 saturated carbocycles. The Kier molecular flexibility index (Phi) is 3.86. The first-order valence-electron chi connectivity index (χ1n) is 4.27. The zero-order valence-corrected chi connectivity index (χ0v) is 7.36. The third-order valence-corrected chi connectivity index (χ3v) is 1.97. The fraction of sp³-hybridized carbons (Fsp3) is 0.400. The molecule has 0 aromatic heterocycles. The van der Waals surface area contributed by atoms with Crippen molar-refractivity contribution in [1.29, 1.82) is 0 Å². The van der Waals surface area contributed by atoms with Crippen LogP contribution in [-0.4, -0.2) is 23.9 Å². The van der Waals surface area contributed by atoms with Crippen LogP contribution in [0.5, 0.6) is 0 Å². The Morgan fingerprint density at radius 1 is 1.31 bits per heavy atom. The van der Waals surface area contributed by atoms with E-state index in [9.17, 15) is 4.39 Å². The van der Waals surface area contributed by atoms with Gasteiger partial charge in [0.25, 0.3) is 0 Å². The number of benzene rings is 1. The number of rotatable bonds is 4. The first-order chi connectivity index (χ1) is 6.24. The molecule has 13 heavy (non-hydrogen) atoms. The van der Waals surface area contributed by atoms with E-state index >= 15 is 0 Å². The summed E-state index contributed by atoms with van der Waals surface area (Å²) in [6.45, 7) is -0.784. The van der Waals surface area contributed by atoms with Gasteiger partial charge in [-0.25, -0.2) is 4.39 Å². The Labute approximate surface area is 77.2 Å². The third kappa shape index (κ3) is 3.13. The summed E-state index contributed by atoms with van der Waals surface area (Å²) < 4.78 is 12.0. The van der Waals surface area contributed by atoms with Crippen molar-refractivity contribution in [3.63, 3.8) is 0 Å². The summed E-state index contributed by atoms with van der Waals surface area (Å²) >= 11 is 0. The average molecular weight is 183 g/mol. The fourth-order valence-electron chi connectivity index (χ4n) is 1.14. The Balaban J connectivity index is 2.50. The van der Waals surface area contributed by atoms with E-state index in [-0.39, 0.29) is 0 Å². The second kappa shape index (κ2) is 4.94. The van der Waals surface area contributed by atoms with Crippen LogP contribution in [0.15, 0.2) is 30.3 Å². The quantitative estimate of drug-likeness (QED) is 0.728. The Morgan fingerprint density at radius 2 is 1.92 bits per heavy atom. The summed E-state index contributed by atoms with van der Waals surface area (Å²) in [5.74, 6) is 0. The highest BCUT2D eigenvalue weighted by Gasteiger charge is 2.14. The normalized spacial score (nSPS) is 15.3. The molecule has 0 aliphatic rings. The minimum Gasteiger partial charge on any atom is -0.389 e. The Bertz CT molecular complexity index is 240. The molecule has 2 atom stereocenters. The highest BCUT2D eigenvalue weighted by atomic mass is 19.1. The van der Waals surface area contributed by atoms with E-state index in [4.69, 9.17) is 10.8 Å². The van der Waals surface area contributed by atoms with Crippen LogP contribution in [0.25, 0.3) is 0 Å². The molecular weight excluding hydrogens is 169 g/mol. The molecule has 2 nitrogen and oxygen atoms in total. The number of aliphatic hydroxyl groups is 1. The lowest BCUT2D eigenvalue weighted by molar-refractivity contribution is 0.113. The summed E-state index contributed by atoms with van der Waals surface area (Å²) in [6, 6.07) is 8.98. The molecule has 0 aliphatic carbocycles. The first kappa shape index (κ1) is 10.2. The molecule has 3 heteroatoms. The van der Waals surface area contributed by atoms with Crippen LogP contribution < -0.4 is 5.73 Å². The highest BCUT2D eigenvalue weighted by Crippen LogP contribution is 2.04. The molecular formula is C10H14FNO. The maximum absolute atomic E-state index is 12.0. The van der Waals surface area contributed by atoms with E-state index in [0.29, 0.717) is 6.42 Å². The van der Waals surface area contributed by atoms with Gasteiger partial charge >= 0.3 is 0 Å². The number of alkyl halides is 1. The predicted octanol–water partition coefficient (Wildman–Crippen LogP) is 0.887. The van der Waals surface area contributed by atoms with E-state index in [2.05, 4.69) is 0 Å². The van der Waals surface area contributed by atoms with E-state index in [0.717, 1.165) is 5.56 Å². The number of hydrogen-bond donors (Lipinski definition) is 2.